The molecule has 2 N–H and O–H groups in total. The number of phenolic OH excluding ortho intramolecular Hbond substituents is 1. The lowest BCUT2D eigenvalue weighted by Gasteiger charge is -2.30. The molecule has 31 heavy (non-hydrogen) atoms. The van der Waals surface area contributed by atoms with Gasteiger partial charge in [-0.05, 0) is 44.0 Å². The number of thiophene rings is 1. The number of phenols is 1. The predicted octanol–water partition coefficient (Wildman–Crippen LogP) is 3.26. The number of hydrogen-bond donors (Lipinski definition) is 2. The quantitative estimate of drug-likeness (QED) is 0.607. The van der Waals surface area contributed by atoms with Crippen molar-refractivity contribution in [2.75, 3.05) is 18.4 Å². The van der Waals surface area contributed by atoms with E-state index < -0.39 is 15.9 Å². The molecule has 2 aromatic heterocycles. The first-order valence-electron chi connectivity index (χ1n) is 9.82. The Morgan fingerprint density at radius 2 is 2.00 bits per heavy atom. The van der Waals surface area contributed by atoms with Crippen LogP contribution in [0, 0.1) is 12.8 Å². The van der Waals surface area contributed by atoms with Gasteiger partial charge in [-0.25, -0.2) is 18.4 Å². The van der Waals surface area contributed by atoms with Gasteiger partial charge in [0, 0.05) is 23.5 Å². The van der Waals surface area contributed by atoms with Crippen molar-refractivity contribution < 1.29 is 18.3 Å². The van der Waals surface area contributed by atoms with E-state index in [4.69, 9.17) is 0 Å². The molecule has 0 radical (unpaired) electrons. The van der Waals surface area contributed by atoms with Crippen LogP contribution in [0.3, 0.4) is 0 Å². The maximum absolute atomic E-state index is 12.9. The second-order valence-corrected chi connectivity index (χ2v) is 10.9. The van der Waals surface area contributed by atoms with Crippen molar-refractivity contribution in [2.24, 2.45) is 5.92 Å². The van der Waals surface area contributed by atoms with Crippen LogP contribution in [-0.2, 0) is 14.8 Å². The molecule has 0 spiro atoms. The number of nitrogens with zero attached hydrogens (tertiary/aromatic N) is 3. The molecule has 3 aromatic rings. The molecule has 1 fully saturated rings. The molecule has 0 bridgehead atoms. The molecule has 162 valence electrons. The number of sulfonamides is 1. The Bertz CT molecular complexity index is 1190. The highest BCUT2D eigenvalue weighted by atomic mass is 32.2. The molecule has 1 aliphatic rings. The summed E-state index contributed by atoms with van der Waals surface area (Å²) in [5, 5.41) is 12.4. The third kappa shape index (κ3) is 4.76. The standard InChI is InChI=1S/C21H22N4O4S2/c1-14-7-8-19(30-14)31(28,29)25-9-3-5-16(13-25)21(27)24-17-11-22-20(23-12-17)15-4-2-6-18(26)10-15/h2,4,6-8,10-12,16,26H,3,5,9,13H2,1H3,(H,24,27). The number of anilines is 1. The molecular formula is C21H22N4O4S2. The average Bonchev–Trinajstić information content (AvgIpc) is 3.21. The minimum absolute atomic E-state index is 0.119. The summed E-state index contributed by atoms with van der Waals surface area (Å²) >= 11 is 1.24. The number of aryl methyl sites for hydroxylation is 1. The molecule has 1 unspecified atom stereocenters. The van der Waals surface area contributed by atoms with Gasteiger partial charge in [-0.2, -0.15) is 4.31 Å². The molecule has 1 amide bonds. The van der Waals surface area contributed by atoms with E-state index in [0.717, 1.165) is 4.88 Å². The van der Waals surface area contributed by atoms with Crippen molar-refractivity contribution in [3.05, 3.63) is 53.7 Å². The maximum Gasteiger partial charge on any atom is 0.252 e. The highest BCUT2D eigenvalue weighted by molar-refractivity contribution is 7.91. The van der Waals surface area contributed by atoms with E-state index in [1.54, 1.807) is 36.4 Å². The predicted molar refractivity (Wildman–Crippen MR) is 118 cm³/mol. The van der Waals surface area contributed by atoms with E-state index in [1.165, 1.54) is 28.0 Å². The number of benzene rings is 1. The fraction of sp³-hybridized carbons (Fsp3) is 0.286. The van der Waals surface area contributed by atoms with Crippen LogP contribution >= 0.6 is 11.3 Å². The first-order chi connectivity index (χ1) is 14.8. The van der Waals surface area contributed by atoms with Gasteiger partial charge in [0.15, 0.2) is 5.82 Å². The van der Waals surface area contributed by atoms with Gasteiger partial charge in [-0.15, -0.1) is 11.3 Å². The lowest BCUT2D eigenvalue weighted by Crippen LogP contribution is -2.43. The summed E-state index contributed by atoms with van der Waals surface area (Å²) in [7, 11) is -3.59. The Hall–Kier alpha value is -2.82. The van der Waals surface area contributed by atoms with Crippen LogP contribution < -0.4 is 5.32 Å². The summed E-state index contributed by atoms with van der Waals surface area (Å²) in [6.45, 7) is 2.42. The zero-order chi connectivity index (χ0) is 22.0. The SMILES string of the molecule is Cc1ccc(S(=O)(=O)N2CCCC(C(=O)Nc3cnc(-c4cccc(O)c4)nc3)C2)s1. The summed E-state index contributed by atoms with van der Waals surface area (Å²) in [6.07, 6.45) is 4.23. The first kappa shape index (κ1) is 21.4. The van der Waals surface area contributed by atoms with Crippen LogP contribution in [0.15, 0.2) is 53.0 Å². The highest BCUT2D eigenvalue weighted by Gasteiger charge is 2.34. The van der Waals surface area contributed by atoms with Crippen LogP contribution in [0.1, 0.15) is 17.7 Å². The monoisotopic (exact) mass is 458 g/mol. The number of aromatic hydroxyl groups is 1. The Labute approximate surface area is 184 Å². The number of rotatable bonds is 5. The molecule has 0 saturated carbocycles. The number of carbonyl (C=O) groups is 1. The second-order valence-electron chi connectivity index (χ2n) is 7.40. The summed E-state index contributed by atoms with van der Waals surface area (Å²) in [6, 6.07) is 9.99. The molecule has 0 aliphatic carbocycles. The Kier molecular flexibility index (Phi) is 6.03. The zero-order valence-electron chi connectivity index (χ0n) is 16.9. The van der Waals surface area contributed by atoms with Gasteiger partial charge >= 0.3 is 0 Å². The molecule has 1 saturated heterocycles. The van der Waals surface area contributed by atoms with Gasteiger partial charge in [-0.3, -0.25) is 4.79 Å². The molecule has 1 aromatic carbocycles. The normalized spacial score (nSPS) is 17.4. The average molecular weight is 459 g/mol. The van der Waals surface area contributed by atoms with Crippen molar-refractivity contribution in [3.63, 3.8) is 0 Å². The number of piperidine rings is 1. The number of aromatic nitrogens is 2. The van der Waals surface area contributed by atoms with Crippen molar-refractivity contribution in [3.8, 4) is 17.1 Å². The fourth-order valence-corrected chi connectivity index (χ4v) is 6.45. The Balaban J connectivity index is 1.42. The van der Waals surface area contributed by atoms with Crippen LogP contribution in [-0.4, -0.2) is 46.8 Å². The lowest BCUT2D eigenvalue weighted by molar-refractivity contribution is -0.120. The molecular weight excluding hydrogens is 436 g/mol. The third-order valence-electron chi connectivity index (χ3n) is 5.09. The lowest BCUT2D eigenvalue weighted by atomic mass is 9.99. The zero-order valence-corrected chi connectivity index (χ0v) is 18.5. The van der Waals surface area contributed by atoms with E-state index >= 15 is 0 Å². The van der Waals surface area contributed by atoms with Gasteiger partial charge in [0.25, 0.3) is 10.0 Å². The molecule has 10 heteroatoms. The Morgan fingerprint density at radius 1 is 1.23 bits per heavy atom. The third-order valence-corrected chi connectivity index (χ3v) is 8.42. The smallest absolute Gasteiger partial charge is 0.252 e. The minimum Gasteiger partial charge on any atom is -0.508 e. The van der Waals surface area contributed by atoms with Gasteiger partial charge in [0.2, 0.25) is 5.91 Å². The molecule has 1 atom stereocenters. The fourth-order valence-electron chi connectivity index (χ4n) is 3.48. The number of nitrogens with one attached hydrogen (secondary N) is 1. The molecule has 8 nitrogen and oxygen atoms in total. The topological polar surface area (TPSA) is 112 Å². The van der Waals surface area contributed by atoms with Crippen molar-refractivity contribution in [1.82, 2.24) is 14.3 Å². The summed E-state index contributed by atoms with van der Waals surface area (Å²) in [5.74, 6) is -0.158. The summed E-state index contributed by atoms with van der Waals surface area (Å²) in [4.78, 5) is 22.2. The largest absolute Gasteiger partial charge is 0.508 e. The highest BCUT2D eigenvalue weighted by Crippen LogP contribution is 2.29. The summed E-state index contributed by atoms with van der Waals surface area (Å²) < 4.78 is 27.5. The summed E-state index contributed by atoms with van der Waals surface area (Å²) in [5.41, 5.74) is 1.09. The number of carbonyl (C=O) groups excluding carboxylic acids is 1. The Morgan fingerprint density at radius 3 is 2.68 bits per heavy atom. The first-order valence-corrected chi connectivity index (χ1v) is 12.1. The van der Waals surface area contributed by atoms with Crippen molar-refractivity contribution >= 4 is 33.0 Å². The van der Waals surface area contributed by atoms with E-state index in [9.17, 15) is 18.3 Å². The van der Waals surface area contributed by atoms with Gasteiger partial charge < -0.3 is 10.4 Å². The molecule has 1 aliphatic heterocycles. The van der Waals surface area contributed by atoms with Crippen LogP contribution in [0.4, 0.5) is 5.69 Å². The minimum atomic E-state index is -3.59. The van der Waals surface area contributed by atoms with E-state index in [0.29, 0.717) is 40.7 Å². The second kappa shape index (κ2) is 8.74. The van der Waals surface area contributed by atoms with Gasteiger partial charge in [0.1, 0.15) is 9.96 Å². The van der Waals surface area contributed by atoms with Gasteiger partial charge in [0.05, 0.1) is 24.0 Å². The van der Waals surface area contributed by atoms with Crippen molar-refractivity contribution in [2.45, 2.75) is 24.0 Å². The number of amides is 1. The maximum atomic E-state index is 12.9. The van der Waals surface area contributed by atoms with E-state index in [1.807, 2.05) is 6.92 Å². The van der Waals surface area contributed by atoms with Crippen LogP contribution in [0.25, 0.3) is 11.4 Å². The molecule has 4 rings (SSSR count). The van der Waals surface area contributed by atoms with Crippen LogP contribution in [0.2, 0.25) is 0 Å². The molecule has 3 heterocycles. The van der Waals surface area contributed by atoms with E-state index in [-0.39, 0.29) is 18.2 Å². The van der Waals surface area contributed by atoms with E-state index in [2.05, 4.69) is 15.3 Å². The number of hydrogen-bond acceptors (Lipinski definition) is 7. The van der Waals surface area contributed by atoms with Crippen molar-refractivity contribution in [1.29, 1.82) is 0 Å². The van der Waals surface area contributed by atoms with Crippen LogP contribution in [0.5, 0.6) is 5.75 Å². The van der Waals surface area contributed by atoms with Gasteiger partial charge in [-0.1, -0.05) is 12.1 Å².